The fraction of sp³-hybridized carbons (Fsp3) is 0.263. The van der Waals surface area contributed by atoms with Gasteiger partial charge in [0.2, 0.25) is 0 Å². The monoisotopic (exact) mass is 344 g/mol. The molecule has 0 spiro atoms. The molecule has 0 saturated carbocycles. The molecule has 0 aliphatic carbocycles. The maximum absolute atomic E-state index is 11.8. The average Bonchev–Trinajstić information content (AvgIpc) is 2.60. The van der Waals surface area contributed by atoms with Crippen LogP contribution >= 0.6 is 11.6 Å². The summed E-state index contributed by atoms with van der Waals surface area (Å²) in [5.41, 5.74) is 6.39. The van der Waals surface area contributed by atoms with Crippen molar-refractivity contribution in [3.63, 3.8) is 0 Å². The van der Waals surface area contributed by atoms with Crippen molar-refractivity contribution in [1.29, 1.82) is 0 Å². The number of rotatable bonds is 6. The lowest BCUT2D eigenvalue weighted by Crippen LogP contribution is -2.25. The Balaban J connectivity index is 1.87. The first-order valence-corrected chi connectivity index (χ1v) is 8.18. The van der Waals surface area contributed by atoms with Crippen LogP contribution in [0, 0.1) is 6.92 Å². The average molecular weight is 345 g/mol. The summed E-state index contributed by atoms with van der Waals surface area (Å²) in [4.78, 5) is 11.8. The molecule has 24 heavy (non-hydrogen) atoms. The molecule has 5 heteroatoms. The summed E-state index contributed by atoms with van der Waals surface area (Å²) in [6, 6.07) is 13.4. The van der Waals surface area contributed by atoms with Crippen molar-refractivity contribution in [2.75, 3.05) is 6.61 Å². The second kappa shape index (κ2) is 8.50. The van der Waals surface area contributed by atoms with E-state index in [1.54, 1.807) is 18.2 Å². The molecule has 2 aromatic rings. The number of amides is 1. The zero-order valence-corrected chi connectivity index (χ0v) is 14.9. The maximum Gasteiger partial charge on any atom is 0.277 e. The normalized spacial score (nSPS) is 11.2. The minimum atomic E-state index is -0.313. The number of ether oxygens (including phenoxy) is 1. The van der Waals surface area contributed by atoms with E-state index >= 15 is 0 Å². The number of hydrogen-bond acceptors (Lipinski definition) is 3. The number of benzene rings is 2. The molecule has 0 aromatic heterocycles. The minimum Gasteiger partial charge on any atom is -0.484 e. The molecule has 0 bridgehead atoms. The van der Waals surface area contributed by atoms with Gasteiger partial charge in [-0.3, -0.25) is 4.79 Å². The summed E-state index contributed by atoms with van der Waals surface area (Å²) in [6.07, 6.45) is 0.995. The lowest BCUT2D eigenvalue weighted by atomic mass is 10.1. The van der Waals surface area contributed by atoms with Gasteiger partial charge >= 0.3 is 0 Å². The topological polar surface area (TPSA) is 50.7 Å². The number of carbonyl (C=O) groups excluding carboxylic acids is 1. The van der Waals surface area contributed by atoms with Crippen LogP contribution in [0.5, 0.6) is 5.75 Å². The quantitative estimate of drug-likeness (QED) is 0.632. The molecular formula is C19H21ClN2O2. The number of hydrogen-bond donors (Lipinski definition) is 1. The van der Waals surface area contributed by atoms with Crippen LogP contribution < -0.4 is 10.2 Å². The van der Waals surface area contributed by atoms with Gasteiger partial charge in [0.25, 0.3) is 5.91 Å². The lowest BCUT2D eigenvalue weighted by molar-refractivity contribution is -0.123. The molecule has 0 aliphatic rings. The van der Waals surface area contributed by atoms with Gasteiger partial charge in [0.1, 0.15) is 5.75 Å². The molecular weight excluding hydrogens is 324 g/mol. The summed E-state index contributed by atoms with van der Waals surface area (Å²) in [5.74, 6) is 0.287. The van der Waals surface area contributed by atoms with E-state index in [0.29, 0.717) is 10.8 Å². The molecule has 4 nitrogen and oxygen atoms in total. The first-order chi connectivity index (χ1) is 11.5. The van der Waals surface area contributed by atoms with Crippen LogP contribution in [0.3, 0.4) is 0 Å². The van der Waals surface area contributed by atoms with E-state index < -0.39 is 0 Å². The second-order valence-electron chi connectivity index (χ2n) is 5.48. The molecule has 0 heterocycles. The minimum absolute atomic E-state index is 0.105. The third-order valence-corrected chi connectivity index (χ3v) is 4.05. The van der Waals surface area contributed by atoms with Gasteiger partial charge in [-0.25, -0.2) is 5.43 Å². The third-order valence-electron chi connectivity index (χ3n) is 3.63. The first kappa shape index (κ1) is 18.0. The van der Waals surface area contributed by atoms with Crippen molar-refractivity contribution >= 4 is 23.2 Å². The number of aryl methyl sites for hydroxylation is 2. The van der Waals surface area contributed by atoms with Crippen LogP contribution in [0.1, 0.15) is 30.5 Å². The van der Waals surface area contributed by atoms with Crippen LogP contribution in [0.25, 0.3) is 0 Å². The smallest absolute Gasteiger partial charge is 0.277 e. The van der Waals surface area contributed by atoms with Gasteiger partial charge in [0.05, 0.1) is 5.71 Å². The molecule has 0 atom stereocenters. The Labute approximate surface area is 147 Å². The van der Waals surface area contributed by atoms with E-state index in [1.807, 2.05) is 26.0 Å². The highest BCUT2D eigenvalue weighted by Gasteiger charge is 2.04. The highest BCUT2D eigenvalue weighted by Crippen LogP contribution is 2.20. The van der Waals surface area contributed by atoms with Crippen molar-refractivity contribution in [1.82, 2.24) is 5.43 Å². The molecule has 0 fully saturated rings. The van der Waals surface area contributed by atoms with Gasteiger partial charge in [-0.2, -0.15) is 5.10 Å². The van der Waals surface area contributed by atoms with Gasteiger partial charge in [-0.15, -0.1) is 0 Å². The Morgan fingerprint density at radius 2 is 1.92 bits per heavy atom. The van der Waals surface area contributed by atoms with Gasteiger partial charge in [0.15, 0.2) is 6.61 Å². The van der Waals surface area contributed by atoms with Gasteiger partial charge in [0, 0.05) is 5.02 Å². The molecule has 1 N–H and O–H groups in total. The molecule has 0 radical (unpaired) electrons. The Kier molecular flexibility index (Phi) is 6.38. The van der Waals surface area contributed by atoms with Crippen LogP contribution in [0.15, 0.2) is 47.6 Å². The Bertz CT molecular complexity index is 740. The lowest BCUT2D eigenvalue weighted by Gasteiger charge is -2.07. The molecule has 0 aliphatic heterocycles. The molecule has 126 valence electrons. The van der Waals surface area contributed by atoms with Gasteiger partial charge in [-0.1, -0.05) is 42.8 Å². The Morgan fingerprint density at radius 1 is 1.21 bits per heavy atom. The summed E-state index contributed by atoms with van der Waals surface area (Å²) in [5, 5.41) is 4.78. The van der Waals surface area contributed by atoms with Gasteiger partial charge < -0.3 is 4.74 Å². The van der Waals surface area contributed by atoms with Crippen molar-refractivity contribution in [3.8, 4) is 5.75 Å². The molecule has 0 unspecified atom stereocenters. The summed E-state index contributed by atoms with van der Waals surface area (Å²) < 4.78 is 5.43. The fourth-order valence-corrected chi connectivity index (χ4v) is 2.20. The first-order valence-electron chi connectivity index (χ1n) is 7.81. The Morgan fingerprint density at radius 3 is 2.54 bits per heavy atom. The van der Waals surface area contributed by atoms with Crippen molar-refractivity contribution < 1.29 is 9.53 Å². The number of hydrazone groups is 1. The molecule has 2 rings (SSSR count). The predicted molar refractivity (Wildman–Crippen MR) is 97.9 cm³/mol. The zero-order valence-electron chi connectivity index (χ0n) is 14.1. The maximum atomic E-state index is 11.8. The summed E-state index contributed by atoms with van der Waals surface area (Å²) in [6.45, 7) is 5.74. The van der Waals surface area contributed by atoms with Gasteiger partial charge in [-0.05, 0) is 55.2 Å². The van der Waals surface area contributed by atoms with Crippen LogP contribution in [-0.4, -0.2) is 18.2 Å². The van der Waals surface area contributed by atoms with Crippen molar-refractivity contribution in [2.24, 2.45) is 5.10 Å². The predicted octanol–water partition coefficient (Wildman–Crippen LogP) is 4.13. The van der Waals surface area contributed by atoms with Crippen molar-refractivity contribution in [3.05, 3.63) is 64.2 Å². The van der Waals surface area contributed by atoms with Crippen LogP contribution in [-0.2, 0) is 11.2 Å². The highest BCUT2D eigenvalue weighted by molar-refractivity contribution is 6.31. The van der Waals surface area contributed by atoms with E-state index in [4.69, 9.17) is 16.3 Å². The number of nitrogens with one attached hydrogen (secondary N) is 1. The van der Waals surface area contributed by atoms with E-state index in [2.05, 4.69) is 29.6 Å². The van der Waals surface area contributed by atoms with E-state index in [-0.39, 0.29) is 12.5 Å². The SMILES string of the molecule is CCc1ccc(/C(C)=N/NC(=O)COc2ccc(Cl)c(C)c2)cc1. The zero-order chi connectivity index (χ0) is 17.5. The van der Waals surface area contributed by atoms with Crippen LogP contribution in [0.2, 0.25) is 5.02 Å². The standard InChI is InChI=1S/C19H21ClN2O2/c1-4-15-5-7-16(8-6-15)14(3)21-22-19(23)12-24-17-9-10-18(20)13(2)11-17/h5-11H,4,12H2,1-3H3,(H,22,23)/b21-14+. The van der Waals surface area contributed by atoms with E-state index in [9.17, 15) is 4.79 Å². The summed E-state index contributed by atoms with van der Waals surface area (Å²) >= 11 is 5.95. The number of carbonyl (C=O) groups is 1. The third kappa shape index (κ3) is 5.10. The molecule has 0 saturated heterocycles. The number of halogens is 1. The van der Waals surface area contributed by atoms with E-state index in [1.165, 1.54) is 5.56 Å². The van der Waals surface area contributed by atoms with Crippen LogP contribution in [0.4, 0.5) is 0 Å². The Hall–Kier alpha value is -2.33. The number of nitrogens with zero attached hydrogens (tertiary/aromatic N) is 1. The largest absolute Gasteiger partial charge is 0.484 e. The van der Waals surface area contributed by atoms with Crippen molar-refractivity contribution in [2.45, 2.75) is 27.2 Å². The highest BCUT2D eigenvalue weighted by atomic mass is 35.5. The summed E-state index contributed by atoms with van der Waals surface area (Å²) in [7, 11) is 0. The fourth-order valence-electron chi connectivity index (χ4n) is 2.08. The molecule has 2 aromatic carbocycles. The van der Waals surface area contributed by atoms with E-state index in [0.717, 1.165) is 23.3 Å². The second-order valence-corrected chi connectivity index (χ2v) is 5.89. The molecule has 1 amide bonds.